The Morgan fingerprint density at radius 3 is 2.79 bits per heavy atom. The van der Waals surface area contributed by atoms with Crippen LogP contribution in [0.2, 0.25) is 0 Å². The van der Waals surface area contributed by atoms with Gasteiger partial charge in [0.1, 0.15) is 0 Å². The summed E-state index contributed by atoms with van der Waals surface area (Å²) in [6, 6.07) is 6.36. The van der Waals surface area contributed by atoms with Crippen LogP contribution in [0.15, 0.2) is 29.4 Å². The van der Waals surface area contributed by atoms with E-state index < -0.39 is 0 Å². The molecule has 1 aromatic heterocycles. The minimum absolute atomic E-state index is 0.0830. The molecule has 1 aliphatic carbocycles. The van der Waals surface area contributed by atoms with Crippen LogP contribution in [-0.2, 0) is 0 Å². The summed E-state index contributed by atoms with van der Waals surface area (Å²) >= 11 is 0. The van der Waals surface area contributed by atoms with E-state index in [2.05, 4.69) is 27.6 Å². The van der Waals surface area contributed by atoms with Crippen LogP contribution in [0.4, 0.5) is 0 Å². The Balaban J connectivity index is 1.96. The number of hydrazine groups is 1. The Morgan fingerprint density at radius 1 is 1.37 bits per heavy atom. The van der Waals surface area contributed by atoms with E-state index in [1.54, 1.807) is 6.20 Å². The molecule has 2 rings (SSSR count). The molecule has 5 heteroatoms. The third-order valence-electron chi connectivity index (χ3n) is 3.51. The van der Waals surface area contributed by atoms with Gasteiger partial charge in [0, 0.05) is 6.20 Å². The molecule has 1 atom stereocenters. The molecule has 5 nitrogen and oxygen atoms in total. The quantitative estimate of drug-likeness (QED) is 0.336. The van der Waals surface area contributed by atoms with E-state index in [1.165, 1.54) is 19.3 Å². The molecule has 1 saturated carbocycles. The molecule has 0 aliphatic heterocycles. The summed E-state index contributed by atoms with van der Waals surface area (Å²) in [6.07, 6.45) is 7.97. The van der Waals surface area contributed by atoms with E-state index in [9.17, 15) is 0 Å². The van der Waals surface area contributed by atoms with Crippen molar-refractivity contribution < 1.29 is 0 Å². The number of nitrogens with two attached hydrogens (primary N) is 1. The maximum Gasteiger partial charge on any atom is 0.206 e. The number of nitrogens with zero attached hydrogens (tertiary/aromatic N) is 2. The van der Waals surface area contributed by atoms with Crippen molar-refractivity contribution in [1.82, 2.24) is 15.7 Å². The van der Waals surface area contributed by atoms with Crippen LogP contribution in [0.3, 0.4) is 0 Å². The molecule has 0 spiro atoms. The van der Waals surface area contributed by atoms with Crippen molar-refractivity contribution in [3.05, 3.63) is 30.1 Å². The van der Waals surface area contributed by atoms with Crippen molar-refractivity contribution in [1.29, 1.82) is 0 Å². The van der Waals surface area contributed by atoms with E-state index in [0.29, 0.717) is 12.0 Å². The average molecular weight is 261 g/mol. The van der Waals surface area contributed by atoms with Gasteiger partial charge in [-0.1, -0.05) is 25.3 Å². The second-order valence-electron chi connectivity index (χ2n) is 5.03. The first kappa shape index (κ1) is 13.8. The molecular formula is C14H23N5. The fourth-order valence-electron chi connectivity index (χ4n) is 2.42. The highest BCUT2D eigenvalue weighted by Gasteiger charge is 2.14. The van der Waals surface area contributed by atoms with Gasteiger partial charge in [-0.25, -0.2) is 10.8 Å². The van der Waals surface area contributed by atoms with Crippen LogP contribution in [0.5, 0.6) is 0 Å². The Morgan fingerprint density at radius 2 is 2.16 bits per heavy atom. The molecule has 1 unspecified atom stereocenters. The molecule has 0 radical (unpaired) electrons. The molecule has 0 saturated heterocycles. The Hall–Kier alpha value is -1.62. The largest absolute Gasteiger partial charge is 0.347 e. The van der Waals surface area contributed by atoms with Gasteiger partial charge in [-0.3, -0.25) is 10.4 Å². The second-order valence-corrected chi connectivity index (χ2v) is 5.03. The third-order valence-corrected chi connectivity index (χ3v) is 3.51. The second kappa shape index (κ2) is 7.09. The molecule has 19 heavy (non-hydrogen) atoms. The Labute approximate surface area is 114 Å². The highest BCUT2D eigenvalue weighted by atomic mass is 15.3. The van der Waals surface area contributed by atoms with Crippen LogP contribution in [0.1, 0.15) is 50.8 Å². The lowest BCUT2D eigenvalue weighted by atomic mass is 9.96. The normalized spacial score (nSPS) is 18.9. The molecule has 0 aromatic carbocycles. The first-order valence-electron chi connectivity index (χ1n) is 7.01. The van der Waals surface area contributed by atoms with Gasteiger partial charge < -0.3 is 5.32 Å². The highest BCUT2D eigenvalue weighted by molar-refractivity contribution is 5.79. The summed E-state index contributed by atoms with van der Waals surface area (Å²) in [5.41, 5.74) is 3.64. The van der Waals surface area contributed by atoms with E-state index in [0.717, 1.165) is 18.5 Å². The maximum absolute atomic E-state index is 5.55. The van der Waals surface area contributed by atoms with Crippen LogP contribution < -0.4 is 16.6 Å². The monoisotopic (exact) mass is 261 g/mol. The van der Waals surface area contributed by atoms with Crippen molar-refractivity contribution in [2.24, 2.45) is 10.8 Å². The first-order chi connectivity index (χ1) is 9.29. The van der Waals surface area contributed by atoms with Crippen LogP contribution in [-0.4, -0.2) is 17.0 Å². The summed E-state index contributed by atoms with van der Waals surface area (Å²) in [5, 5.41) is 3.28. The Kier molecular flexibility index (Phi) is 5.15. The van der Waals surface area contributed by atoms with Gasteiger partial charge in [0.2, 0.25) is 5.96 Å². The van der Waals surface area contributed by atoms with Gasteiger partial charge in [-0.15, -0.1) is 0 Å². The molecule has 104 valence electrons. The van der Waals surface area contributed by atoms with Crippen molar-refractivity contribution in [3.63, 3.8) is 0 Å². The van der Waals surface area contributed by atoms with E-state index in [1.807, 2.05) is 18.2 Å². The standard InChI is InChI=1S/C14H23N5/c1-11(13-9-5-6-10-16-13)17-14(19-15)18-12-7-3-2-4-8-12/h5-6,9-12H,2-4,7-8,15H2,1H3,(H2,17,18,19). The van der Waals surface area contributed by atoms with Gasteiger partial charge in [0.05, 0.1) is 17.8 Å². The molecule has 0 bridgehead atoms. The fourth-order valence-corrected chi connectivity index (χ4v) is 2.42. The lowest BCUT2D eigenvalue weighted by molar-refractivity contribution is 0.440. The van der Waals surface area contributed by atoms with Crippen molar-refractivity contribution in [2.45, 2.75) is 51.1 Å². The van der Waals surface area contributed by atoms with Crippen LogP contribution >= 0.6 is 0 Å². The number of hydrogen-bond donors (Lipinski definition) is 3. The maximum atomic E-state index is 5.55. The smallest absolute Gasteiger partial charge is 0.206 e. The zero-order valence-electron chi connectivity index (χ0n) is 11.5. The molecule has 1 fully saturated rings. The topological polar surface area (TPSA) is 75.3 Å². The van der Waals surface area contributed by atoms with Crippen LogP contribution in [0, 0.1) is 0 Å². The van der Waals surface area contributed by atoms with E-state index in [-0.39, 0.29) is 6.04 Å². The Bertz CT molecular complexity index is 398. The van der Waals surface area contributed by atoms with Gasteiger partial charge in [-0.2, -0.15) is 0 Å². The number of rotatable bonds is 3. The molecule has 1 aromatic rings. The number of aromatic nitrogens is 1. The number of hydrogen-bond acceptors (Lipinski definition) is 3. The summed E-state index contributed by atoms with van der Waals surface area (Å²) in [4.78, 5) is 8.99. The molecule has 0 amide bonds. The lowest BCUT2D eigenvalue weighted by Crippen LogP contribution is -2.43. The summed E-state index contributed by atoms with van der Waals surface area (Å²) in [7, 11) is 0. The van der Waals surface area contributed by atoms with Crippen LogP contribution in [0.25, 0.3) is 0 Å². The first-order valence-corrected chi connectivity index (χ1v) is 7.01. The molecule has 1 aliphatic rings. The number of pyridine rings is 1. The van der Waals surface area contributed by atoms with Gasteiger partial charge in [0.25, 0.3) is 0 Å². The van der Waals surface area contributed by atoms with Gasteiger partial charge in [0.15, 0.2) is 0 Å². The SMILES string of the molecule is CC(NC(=NC1CCCCC1)NN)c1ccccn1. The van der Waals surface area contributed by atoms with E-state index in [4.69, 9.17) is 5.84 Å². The zero-order valence-corrected chi connectivity index (χ0v) is 11.5. The average Bonchev–Trinajstić information content (AvgIpc) is 2.48. The van der Waals surface area contributed by atoms with Gasteiger partial charge in [-0.05, 0) is 31.9 Å². The number of aliphatic imine (C=N–C) groups is 1. The lowest BCUT2D eigenvalue weighted by Gasteiger charge is -2.21. The predicted octanol–water partition coefficient (Wildman–Crippen LogP) is 1.88. The zero-order chi connectivity index (χ0) is 13.5. The number of nitrogens with one attached hydrogen (secondary N) is 2. The third kappa shape index (κ3) is 4.21. The minimum Gasteiger partial charge on any atom is -0.347 e. The highest BCUT2D eigenvalue weighted by Crippen LogP contribution is 2.20. The molecule has 4 N–H and O–H groups in total. The van der Waals surface area contributed by atoms with Crippen molar-refractivity contribution in [3.8, 4) is 0 Å². The number of guanidine groups is 1. The predicted molar refractivity (Wildman–Crippen MR) is 77.4 cm³/mol. The van der Waals surface area contributed by atoms with Crippen molar-refractivity contribution >= 4 is 5.96 Å². The summed E-state index contributed by atoms with van der Waals surface area (Å²) < 4.78 is 0. The van der Waals surface area contributed by atoms with Gasteiger partial charge >= 0.3 is 0 Å². The summed E-state index contributed by atoms with van der Waals surface area (Å²) in [6.45, 7) is 2.05. The fraction of sp³-hybridized carbons (Fsp3) is 0.571. The molecular weight excluding hydrogens is 238 g/mol. The summed E-state index contributed by atoms with van der Waals surface area (Å²) in [5.74, 6) is 6.21. The minimum atomic E-state index is 0.0830. The van der Waals surface area contributed by atoms with E-state index >= 15 is 0 Å². The molecule has 1 heterocycles. The van der Waals surface area contributed by atoms with Crippen molar-refractivity contribution in [2.75, 3.05) is 0 Å².